The van der Waals surface area contributed by atoms with Gasteiger partial charge in [-0.2, -0.15) is 0 Å². The van der Waals surface area contributed by atoms with Gasteiger partial charge in [0.2, 0.25) is 5.91 Å². The molecule has 3 nitrogen and oxygen atoms in total. The second-order valence-corrected chi connectivity index (χ2v) is 11.4. The normalized spacial score (nSPS) is 20.3. The highest BCUT2D eigenvalue weighted by Crippen LogP contribution is 2.41. The van der Waals surface area contributed by atoms with Crippen LogP contribution in [0, 0.1) is 11.8 Å². The second-order valence-electron chi connectivity index (χ2n) is 11.4. The fourth-order valence-electron chi connectivity index (χ4n) is 6.84. The quantitative estimate of drug-likeness (QED) is 0.178. The SMILES string of the molecule is C=CC[C@@H]1C[C@@H](COC(c2ccccc2)(c2ccccc2)c2ccccc2)N(CCCC2CCCCC2)C1=O. The van der Waals surface area contributed by atoms with E-state index < -0.39 is 5.60 Å². The Labute approximate surface area is 234 Å². The fourth-order valence-corrected chi connectivity index (χ4v) is 6.84. The Kier molecular flexibility index (Phi) is 9.32. The molecule has 204 valence electrons. The molecule has 3 aromatic rings. The Morgan fingerprint density at radius 2 is 1.36 bits per heavy atom. The molecule has 1 aliphatic heterocycles. The van der Waals surface area contributed by atoms with Gasteiger partial charge in [0.15, 0.2) is 0 Å². The van der Waals surface area contributed by atoms with Gasteiger partial charge in [-0.25, -0.2) is 0 Å². The topological polar surface area (TPSA) is 29.5 Å². The van der Waals surface area contributed by atoms with Crippen LogP contribution in [-0.4, -0.2) is 30.0 Å². The summed E-state index contributed by atoms with van der Waals surface area (Å²) in [6.07, 6.45) is 12.6. The van der Waals surface area contributed by atoms with Gasteiger partial charge in [0.25, 0.3) is 0 Å². The van der Waals surface area contributed by atoms with Crippen molar-refractivity contribution in [2.45, 2.75) is 69.4 Å². The summed E-state index contributed by atoms with van der Waals surface area (Å²) < 4.78 is 7.15. The highest BCUT2D eigenvalue weighted by atomic mass is 16.5. The van der Waals surface area contributed by atoms with E-state index in [9.17, 15) is 4.79 Å². The molecule has 39 heavy (non-hydrogen) atoms. The van der Waals surface area contributed by atoms with Gasteiger partial charge in [0.05, 0.1) is 12.6 Å². The number of hydrogen-bond donors (Lipinski definition) is 0. The van der Waals surface area contributed by atoms with Gasteiger partial charge in [-0.3, -0.25) is 4.79 Å². The molecule has 2 atom stereocenters. The zero-order valence-corrected chi connectivity index (χ0v) is 23.2. The van der Waals surface area contributed by atoms with Crippen LogP contribution in [-0.2, 0) is 15.1 Å². The molecule has 1 saturated carbocycles. The number of ether oxygens (including phenoxy) is 1. The van der Waals surface area contributed by atoms with Crippen molar-refractivity contribution in [2.24, 2.45) is 11.8 Å². The van der Waals surface area contributed by atoms with Crippen LogP contribution in [0.1, 0.15) is 74.5 Å². The number of carbonyl (C=O) groups excluding carboxylic acids is 1. The van der Waals surface area contributed by atoms with E-state index in [1.807, 2.05) is 24.3 Å². The van der Waals surface area contributed by atoms with Crippen molar-refractivity contribution in [2.75, 3.05) is 13.2 Å². The summed E-state index contributed by atoms with van der Waals surface area (Å²) in [5.41, 5.74) is 2.52. The number of allylic oxidation sites excluding steroid dienone is 1. The van der Waals surface area contributed by atoms with Crippen LogP contribution in [0.15, 0.2) is 104 Å². The third kappa shape index (κ3) is 6.20. The van der Waals surface area contributed by atoms with Gasteiger partial charge >= 0.3 is 0 Å². The molecule has 3 heteroatoms. The van der Waals surface area contributed by atoms with Crippen molar-refractivity contribution in [1.82, 2.24) is 4.90 Å². The van der Waals surface area contributed by atoms with Gasteiger partial charge < -0.3 is 9.64 Å². The van der Waals surface area contributed by atoms with Crippen LogP contribution in [0.5, 0.6) is 0 Å². The Morgan fingerprint density at radius 1 is 0.821 bits per heavy atom. The maximum Gasteiger partial charge on any atom is 0.226 e. The summed E-state index contributed by atoms with van der Waals surface area (Å²) in [5, 5.41) is 0. The molecular weight excluding hydrogens is 478 g/mol. The Bertz CT molecular complexity index is 1070. The molecule has 5 rings (SSSR count). The average Bonchev–Trinajstić information content (AvgIpc) is 3.29. The zero-order chi connectivity index (χ0) is 26.9. The van der Waals surface area contributed by atoms with Crippen molar-refractivity contribution in [1.29, 1.82) is 0 Å². The molecule has 1 amide bonds. The van der Waals surface area contributed by atoms with Crippen molar-refractivity contribution in [3.8, 4) is 0 Å². The minimum Gasteiger partial charge on any atom is -0.359 e. The molecule has 1 heterocycles. The standard InChI is InChI=1S/C36H43NO2/c1-2-16-30-27-34(37(35(30)38)26-15-19-29-17-7-3-8-18-29)28-39-36(31-20-9-4-10-21-31,32-22-11-5-12-23-32)33-24-13-6-14-25-33/h2,4-6,9-14,20-25,29-30,34H,1,3,7-8,15-19,26-28H2/t30-,34+/m1/s1. The first-order valence-electron chi connectivity index (χ1n) is 14.9. The number of carbonyl (C=O) groups is 1. The molecule has 2 fully saturated rings. The summed E-state index contributed by atoms with van der Waals surface area (Å²) in [7, 11) is 0. The van der Waals surface area contributed by atoms with Crippen LogP contribution < -0.4 is 0 Å². The molecule has 0 unspecified atom stereocenters. The lowest BCUT2D eigenvalue weighted by Gasteiger charge is -2.38. The van der Waals surface area contributed by atoms with Gasteiger partial charge in [-0.1, -0.05) is 129 Å². The highest BCUT2D eigenvalue weighted by Gasteiger charge is 2.42. The predicted molar refractivity (Wildman–Crippen MR) is 159 cm³/mol. The average molecular weight is 522 g/mol. The summed E-state index contributed by atoms with van der Waals surface area (Å²) in [4.78, 5) is 15.7. The molecule has 0 bridgehead atoms. The van der Waals surface area contributed by atoms with E-state index >= 15 is 0 Å². The largest absolute Gasteiger partial charge is 0.359 e. The lowest BCUT2D eigenvalue weighted by molar-refractivity contribution is -0.133. The number of benzene rings is 3. The number of amides is 1. The van der Waals surface area contributed by atoms with E-state index in [2.05, 4.69) is 84.3 Å². The zero-order valence-electron chi connectivity index (χ0n) is 23.2. The van der Waals surface area contributed by atoms with E-state index in [1.165, 1.54) is 38.5 Å². The van der Waals surface area contributed by atoms with E-state index in [0.29, 0.717) is 6.61 Å². The molecule has 3 aromatic carbocycles. The molecule has 1 saturated heterocycles. The third-order valence-electron chi connectivity index (χ3n) is 8.85. The number of rotatable bonds is 12. The fraction of sp³-hybridized carbons (Fsp3) is 0.417. The maximum absolute atomic E-state index is 13.5. The van der Waals surface area contributed by atoms with E-state index in [0.717, 1.165) is 48.4 Å². The highest BCUT2D eigenvalue weighted by molar-refractivity contribution is 5.81. The van der Waals surface area contributed by atoms with Crippen molar-refractivity contribution < 1.29 is 9.53 Å². The molecule has 0 N–H and O–H groups in total. The first-order chi connectivity index (χ1) is 19.2. The van der Waals surface area contributed by atoms with Crippen molar-refractivity contribution in [3.63, 3.8) is 0 Å². The van der Waals surface area contributed by atoms with Crippen LogP contribution in [0.3, 0.4) is 0 Å². The minimum absolute atomic E-state index is 0.00496. The Morgan fingerprint density at radius 3 is 1.87 bits per heavy atom. The van der Waals surface area contributed by atoms with Crippen LogP contribution in [0.2, 0.25) is 0 Å². The number of hydrogen-bond acceptors (Lipinski definition) is 2. The number of nitrogens with zero attached hydrogens (tertiary/aromatic N) is 1. The molecule has 0 spiro atoms. The summed E-state index contributed by atoms with van der Waals surface area (Å²) in [5.74, 6) is 1.11. The summed E-state index contributed by atoms with van der Waals surface area (Å²) in [6, 6.07) is 31.6. The van der Waals surface area contributed by atoms with Gasteiger partial charge in [0, 0.05) is 12.5 Å². The van der Waals surface area contributed by atoms with E-state index in [-0.39, 0.29) is 17.9 Å². The summed E-state index contributed by atoms with van der Waals surface area (Å²) in [6.45, 7) is 5.25. The second kappa shape index (κ2) is 13.3. The Hall–Kier alpha value is -3.17. The molecule has 0 radical (unpaired) electrons. The van der Waals surface area contributed by atoms with Gasteiger partial charge in [-0.05, 0) is 48.3 Å². The Balaban J connectivity index is 1.42. The monoisotopic (exact) mass is 521 g/mol. The lowest BCUT2D eigenvalue weighted by atomic mass is 9.80. The predicted octanol–water partition coefficient (Wildman–Crippen LogP) is 8.15. The van der Waals surface area contributed by atoms with Crippen LogP contribution in [0.25, 0.3) is 0 Å². The smallest absolute Gasteiger partial charge is 0.226 e. The maximum atomic E-state index is 13.5. The van der Waals surface area contributed by atoms with Crippen LogP contribution in [0.4, 0.5) is 0 Å². The third-order valence-corrected chi connectivity index (χ3v) is 8.85. The van der Waals surface area contributed by atoms with E-state index in [1.54, 1.807) is 0 Å². The van der Waals surface area contributed by atoms with Gasteiger partial charge in [-0.15, -0.1) is 6.58 Å². The lowest BCUT2D eigenvalue weighted by Crippen LogP contribution is -2.41. The van der Waals surface area contributed by atoms with Crippen molar-refractivity contribution in [3.05, 3.63) is 120 Å². The first kappa shape index (κ1) is 27.4. The molecule has 1 aliphatic carbocycles. The number of likely N-dealkylation sites (tertiary alicyclic amines) is 1. The van der Waals surface area contributed by atoms with Crippen molar-refractivity contribution >= 4 is 5.91 Å². The minimum atomic E-state index is -0.767. The molecular formula is C36H43NO2. The summed E-state index contributed by atoms with van der Waals surface area (Å²) >= 11 is 0. The van der Waals surface area contributed by atoms with E-state index in [4.69, 9.17) is 4.74 Å². The molecule has 0 aromatic heterocycles. The molecule has 2 aliphatic rings. The van der Waals surface area contributed by atoms with Crippen LogP contribution >= 0.6 is 0 Å². The van der Waals surface area contributed by atoms with Gasteiger partial charge in [0.1, 0.15) is 5.60 Å². The first-order valence-corrected chi connectivity index (χ1v) is 14.9.